The summed E-state index contributed by atoms with van der Waals surface area (Å²) in [7, 11) is 0. The van der Waals surface area contributed by atoms with Crippen molar-refractivity contribution >= 4 is 16.8 Å². The molecule has 1 aliphatic carbocycles. The lowest BCUT2D eigenvalue weighted by Gasteiger charge is -2.27. The van der Waals surface area contributed by atoms with Gasteiger partial charge in [-0.05, 0) is 35.1 Å². The molecule has 1 nitrogen and oxygen atoms in total. The van der Waals surface area contributed by atoms with Gasteiger partial charge in [0.25, 0.3) is 0 Å². The van der Waals surface area contributed by atoms with Gasteiger partial charge in [0.15, 0.2) is 0 Å². The Morgan fingerprint density at radius 1 is 1.36 bits per heavy atom. The Labute approximate surface area is 84.9 Å². The fourth-order valence-electron chi connectivity index (χ4n) is 2.09. The zero-order valence-electron chi connectivity index (χ0n) is 8.51. The second kappa shape index (κ2) is 3.02. The van der Waals surface area contributed by atoms with Crippen molar-refractivity contribution in [3.05, 3.63) is 42.5 Å². The Hall–Kier alpha value is -1.50. The molecule has 0 saturated carbocycles. The topological polar surface area (TPSA) is 26.0 Å². The van der Waals surface area contributed by atoms with Crippen LogP contribution in [0.2, 0.25) is 0 Å². The molecule has 0 aromatic heterocycles. The summed E-state index contributed by atoms with van der Waals surface area (Å²) in [4.78, 5) is 0. The second-order valence-electron chi connectivity index (χ2n) is 4.00. The van der Waals surface area contributed by atoms with Gasteiger partial charge in [-0.2, -0.15) is 0 Å². The predicted octanol–water partition coefficient (Wildman–Crippen LogP) is 3.34. The Balaban J connectivity index is 2.67. The highest BCUT2D eigenvalue weighted by Gasteiger charge is 2.22. The van der Waals surface area contributed by atoms with E-state index in [1.54, 1.807) is 0 Å². The maximum Gasteiger partial charge on any atom is 0.0396 e. The first-order chi connectivity index (χ1) is 6.61. The van der Waals surface area contributed by atoms with E-state index in [9.17, 15) is 0 Å². The summed E-state index contributed by atoms with van der Waals surface area (Å²) in [5.74, 6) is 0.483. The maximum absolute atomic E-state index is 5.94. The van der Waals surface area contributed by atoms with Gasteiger partial charge in [-0.1, -0.05) is 32.2 Å². The van der Waals surface area contributed by atoms with Gasteiger partial charge in [0.2, 0.25) is 0 Å². The van der Waals surface area contributed by atoms with E-state index in [0.29, 0.717) is 5.92 Å². The van der Waals surface area contributed by atoms with Gasteiger partial charge in [0.05, 0.1) is 0 Å². The number of nitrogens with two attached hydrogens (primary N) is 1. The first-order valence-electron chi connectivity index (χ1n) is 4.87. The van der Waals surface area contributed by atoms with Crippen molar-refractivity contribution in [1.29, 1.82) is 0 Å². The number of benzene rings is 1. The van der Waals surface area contributed by atoms with Crippen LogP contribution in [-0.2, 0) is 0 Å². The van der Waals surface area contributed by atoms with Crippen molar-refractivity contribution in [3.63, 3.8) is 0 Å². The number of rotatable bonds is 0. The zero-order valence-corrected chi connectivity index (χ0v) is 8.51. The second-order valence-corrected chi connectivity index (χ2v) is 4.00. The molecular formula is C13H15N. The standard InChI is InChI=1S/C13H15N/c1-8-7-9(2)13-11(10(8)3)5-4-6-12(13)14/h4-6,8H,2-3,7,14H2,1H3. The Kier molecular flexibility index (Phi) is 1.95. The SMILES string of the molecule is C=C1CC(C)C(=C)c2cccc(N)c21. The molecule has 1 heteroatoms. The summed E-state index contributed by atoms with van der Waals surface area (Å²) in [6.45, 7) is 10.4. The highest BCUT2D eigenvalue weighted by molar-refractivity contribution is 5.88. The molecule has 0 saturated heterocycles. The van der Waals surface area contributed by atoms with Crippen molar-refractivity contribution in [1.82, 2.24) is 0 Å². The van der Waals surface area contributed by atoms with Crippen LogP contribution in [0.15, 0.2) is 31.4 Å². The zero-order chi connectivity index (χ0) is 10.3. The number of allylic oxidation sites excluding steroid dienone is 2. The monoisotopic (exact) mass is 185 g/mol. The van der Waals surface area contributed by atoms with Crippen LogP contribution in [0.1, 0.15) is 24.5 Å². The number of nitrogen functional groups attached to an aromatic ring is 1. The largest absolute Gasteiger partial charge is 0.398 e. The van der Waals surface area contributed by atoms with Crippen LogP contribution in [0.25, 0.3) is 11.1 Å². The molecule has 1 aromatic carbocycles. The van der Waals surface area contributed by atoms with Gasteiger partial charge in [0, 0.05) is 11.3 Å². The lowest BCUT2D eigenvalue weighted by atomic mass is 9.78. The van der Waals surface area contributed by atoms with Crippen LogP contribution in [0.5, 0.6) is 0 Å². The Morgan fingerprint density at radius 2 is 2.07 bits per heavy atom. The lowest BCUT2D eigenvalue weighted by Crippen LogP contribution is -2.10. The van der Waals surface area contributed by atoms with Gasteiger partial charge in [-0.3, -0.25) is 0 Å². The highest BCUT2D eigenvalue weighted by Crippen LogP contribution is 2.41. The first kappa shape index (κ1) is 9.07. The molecule has 0 fully saturated rings. The number of anilines is 1. The van der Waals surface area contributed by atoms with Gasteiger partial charge >= 0.3 is 0 Å². The van der Waals surface area contributed by atoms with Gasteiger partial charge < -0.3 is 5.73 Å². The molecule has 2 rings (SSSR count). The molecule has 14 heavy (non-hydrogen) atoms. The Morgan fingerprint density at radius 3 is 2.79 bits per heavy atom. The smallest absolute Gasteiger partial charge is 0.0396 e. The molecule has 72 valence electrons. The van der Waals surface area contributed by atoms with Gasteiger partial charge in [0.1, 0.15) is 0 Å². The molecular weight excluding hydrogens is 170 g/mol. The van der Waals surface area contributed by atoms with Crippen LogP contribution in [-0.4, -0.2) is 0 Å². The summed E-state index contributed by atoms with van der Waals surface area (Å²) in [5, 5.41) is 0. The van der Waals surface area contributed by atoms with Crippen LogP contribution in [0, 0.1) is 5.92 Å². The molecule has 1 unspecified atom stereocenters. The summed E-state index contributed by atoms with van der Waals surface area (Å²) in [6.07, 6.45) is 0.972. The first-order valence-corrected chi connectivity index (χ1v) is 4.87. The molecule has 1 aliphatic rings. The summed E-state index contributed by atoms with van der Waals surface area (Å²) in [5.41, 5.74) is 11.4. The van der Waals surface area contributed by atoms with Crippen molar-refractivity contribution in [2.45, 2.75) is 13.3 Å². The van der Waals surface area contributed by atoms with Crippen LogP contribution in [0.4, 0.5) is 5.69 Å². The van der Waals surface area contributed by atoms with E-state index >= 15 is 0 Å². The average Bonchev–Trinajstić information content (AvgIpc) is 2.14. The van der Waals surface area contributed by atoms with E-state index in [-0.39, 0.29) is 0 Å². The van der Waals surface area contributed by atoms with Gasteiger partial charge in [-0.25, -0.2) is 0 Å². The third-order valence-electron chi connectivity index (χ3n) is 2.94. The van der Waals surface area contributed by atoms with E-state index in [4.69, 9.17) is 5.73 Å². The molecule has 0 radical (unpaired) electrons. The molecule has 0 heterocycles. The van der Waals surface area contributed by atoms with Crippen molar-refractivity contribution in [2.75, 3.05) is 5.73 Å². The molecule has 1 aromatic rings. The minimum atomic E-state index is 0.483. The van der Waals surface area contributed by atoms with Crippen LogP contribution < -0.4 is 5.73 Å². The normalized spacial score (nSPS) is 20.8. The molecule has 1 atom stereocenters. The summed E-state index contributed by atoms with van der Waals surface area (Å²) < 4.78 is 0. The molecule has 2 N–H and O–H groups in total. The van der Waals surface area contributed by atoms with Gasteiger partial charge in [-0.15, -0.1) is 0 Å². The van der Waals surface area contributed by atoms with E-state index in [1.165, 1.54) is 11.1 Å². The van der Waals surface area contributed by atoms with E-state index < -0.39 is 0 Å². The fraction of sp³-hybridized carbons (Fsp3) is 0.231. The van der Waals surface area contributed by atoms with Crippen molar-refractivity contribution < 1.29 is 0 Å². The van der Waals surface area contributed by atoms with E-state index in [1.807, 2.05) is 12.1 Å². The fourth-order valence-corrected chi connectivity index (χ4v) is 2.09. The minimum absolute atomic E-state index is 0.483. The van der Waals surface area contributed by atoms with E-state index in [0.717, 1.165) is 23.2 Å². The van der Waals surface area contributed by atoms with Crippen molar-refractivity contribution in [3.8, 4) is 0 Å². The summed E-state index contributed by atoms with van der Waals surface area (Å²) >= 11 is 0. The Bertz CT molecular complexity index is 415. The lowest BCUT2D eigenvalue weighted by molar-refractivity contribution is 0.767. The van der Waals surface area contributed by atoms with Crippen LogP contribution >= 0.6 is 0 Å². The third kappa shape index (κ3) is 1.17. The minimum Gasteiger partial charge on any atom is -0.398 e. The molecule has 0 amide bonds. The third-order valence-corrected chi connectivity index (χ3v) is 2.94. The maximum atomic E-state index is 5.94. The average molecular weight is 185 g/mol. The van der Waals surface area contributed by atoms with Crippen molar-refractivity contribution in [2.24, 2.45) is 5.92 Å². The quantitative estimate of drug-likeness (QED) is 0.616. The number of hydrogen-bond acceptors (Lipinski definition) is 1. The molecule has 0 bridgehead atoms. The highest BCUT2D eigenvalue weighted by atomic mass is 14.6. The number of hydrogen-bond donors (Lipinski definition) is 1. The van der Waals surface area contributed by atoms with Crippen LogP contribution in [0.3, 0.4) is 0 Å². The van der Waals surface area contributed by atoms with E-state index in [2.05, 4.69) is 26.1 Å². The number of fused-ring (bicyclic) bond motifs is 1. The predicted molar refractivity (Wildman–Crippen MR) is 62.7 cm³/mol. The molecule has 0 aliphatic heterocycles. The molecule has 0 spiro atoms. The summed E-state index contributed by atoms with van der Waals surface area (Å²) in [6, 6.07) is 5.98.